The molecule has 1 rings (SSSR count). The molecule has 1 aromatic carbocycles. The van der Waals surface area contributed by atoms with Crippen molar-refractivity contribution >= 4 is 15.9 Å². The lowest BCUT2D eigenvalue weighted by Crippen LogP contribution is -2.12. The van der Waals surface area contributed by atoms with Crippen molar-refractivity contribution in [2.75, 3.05) is 0 Å². The Kier molecular flexibility index (Phi) is 9.94. The highest BCUT2D eigenvalue weighted by Gasteiger charge is 2.11. The average molecular weight is 358 g/mol. The average Bonchev–Trinajstić information content (AvgIpc) is 2.48. The van der Waals surface area contributed by atoms with Crippen molar-refractivity contribution in [1.29, 1.82) is 0 Å². The molecule has 0 aliphatic rings. The van der Waals surface area contributed by atoms with E-state index in [0.717, 1.165) is 17.3 Å². The highest BCUT2D eigenvalue weighted by Crippen LogP contribution is 2.24. The number of benzene rings is 1. The summed E-state index contributed by atoms with van der Waals surface area (Å²) in [5.74, 6) is -0.193. The Labute approximate surface area is 137 Å². The minimum absolute atomic E-state index is 0.188. The smallest absolute Gasteiger partial charge is 0.128 e. The summed E-state index contributed by atoms with van der Waals surface area (Å²) in [7, 11) is 0. The van der Waals surface area contributed by atoms with Gasteiger partial charge < -0.3 is 5.73 Å². The molecule has 0 saturated heterocycles. The normalized spacial score (nSPS) is 12.6. The summed E-state index contributed by atoms with van der Waals surface area (Å²) in [6.07, 6.45) is 12.5. The van der Waals surface area contributed by atoms with Gasteiger partial charge in [-0.2, -0.15) is 0 Å². The molecule has 0 bridgehead atoms. The Morgan fingerprint density at radius 1 is 1.00 bits per heavy atom. The van der Waals surface area contributed by atoms with Crippen LogP contribution >= 0.6 is 15.9 Å². The van der Waals surface area contributed by atoms with Crippen LogP contribution in [0.3, 0.4) is 0 Å². The van der Waals surface area contributed by atoms with Crippen LogP contribution in [0.25, 0.3) is 0 Å². The zero-order valence-corrected chi connectivity index (χ0v) is 14.8. The van der Waals surface area contributed by atoms with Crippen LogP contribution in [-0.4, -0.2) is 0 Å². The highest BCUT2D eigenvalue weighted by molar-refractivity contribution is 9.10. The maximum absolute atomic E-state index is 13.7. The first kappa shape index (κ1) is 18.6. The van der Waals surface area contributed by atoms with Crippen molar-refractivity contribution in [1.82, 2.24) is 0 Å². The SMILES string of the molecule is CCCCCCCCCCCC(N)c1cc(Br)ccc1F. The molecule has 0 spiro atoms. The standard InChI is InChI=1S/C18H29BrFN/c1-2-3-4-5-6-7-8-9-10-11-18(21)16-14-15(19)12-13-17(16)20/h12-14,18H,2-11,21H2,1H3. The topological polar surface area (TPSA) is 26.0 Å². The summed E-state index contributed by atoms with van der Waals surface area (Å²) in [5.41, 5.74) is 6.73. The van der Waals surface area contributed by atoms with E-state index in [1.165, 1.54) is 57.4 Å². The van der Waals surface area contributed by atoms with Crippen LogP contribution in [-0.2, 0) is 0 Å². The molecule has 120 valence electrons. The van der Waals surface area contributed by atoms with E-state index >= 15 is 0 Å². The minimum Gasteiger partial charge on any atom is -0.324 e. The van der Waals surface area contributed by atoms with E-state index in [0.29, 0.717) is 5.56 Å². The Balaban J connectivity index is 2.11. The van der Waals surface area contributed by atoms with Crippen LogP contribution < -0.4 is 5.73 Å². The molecule has 0 radical (unpaired) electrons. The van der Waals surface area contributed by atoms with Gasteiger partial charge in [-0.15, -0.1) is 0 Å². The van der Waals surface area contributed by atoms with Gasteiger partial charge in [0.25, 0.3) is 0 Å². The van der Waals surface area contributed by atoms with Gasteiger partial charge in [-0.1, -0.05) is 80.6 Å². The first-order valence-electron chi connectivity index (χ1n) is 8.35. The monoisotopic (exact) mass is 357 g/mol. The van der Waals surface area contributed by atoms with E-state index in [1.54, 1.807) is 12.1 Å². The number of hydrogen-bond acceptors (Lipinski definition) is 1. The van der Waals surface area contributed by atoms with Crippen molar-refractivity contribution in [2.24, 2.45) is 5.73 Å². The second-order valence-electron chi connectivity index (χ2n) is 5.89. The maximum atomic E-state index is 13.7. The van der Waals surface area contributed by atoms with E-state index in [-0.39, 0.29) is 11.9 Å². The zero-order valence-electron chi connectivity index (χ0n) is 13.2. The lowest BCUT2D eigenvalue weighted by Gasteiger charge is -2.13. The maximum Gasteiger partial charge on any atom is 0.128 e. The fourth-order valence-electron chi connectivity index (χ4n) is 2.63. The fourth-order valence-corrected chi connectivity index (χ4v) is 3.01. The molecule has 2 N–H and O–H groups in total. The molecule has 1 atom stereocenters. The minimum atomic E-state index is -0.193. The van der Waals surface area contributed by atoms with Gasteiger partial charge in [-0.25, -0.2) is 4.39 Å². The third-order valence-corrected chi connectivity index (χ3v) is 4.47. The fraction of sp³-hybridized carbons (Fsp3) is 0.667. The van der Waals surface area contributed by atoms with Gasteiger partial charge in [0.05, 0.1) is 0 Å². The van der Waals surface area contributed by atoms with E-state index in [1.807, 2.05) is 0 Å². The molecular weight excluding hydrogens is 329 g/mol. The summed E-state index contributed by atoms with van der Waals surface area (Å²) in [6.45, 7) is 2.25. The van der Waals surface area contributed by atoms with Crippen molar-refractivity contribution in [3.05, 3.63) is 34.1 Å². The zero-order chi connectivity index (χ0) is 15.5. The predicted molar refractivity (Wildman–Crippen MR) is 92.9 cm³/mol. The van der Waals surface area contributed by atoms with Crippen LogP contribution in [0.5, 0.6) is 0 Å². The lowest BCUT2D eigenvalue weighted by atomic mass is 9.99. The summed E-state index contributed by atoms with van der Waals surface area (Å²) in [5, 5.41) is 0. The largest absolute Gasteiger partial charge is 0.324 e. The van der Waals surface area contributed by atoms with Crippen LogP contribution in [0.1, 0.15) is 82.7 Å². The molecule has 0 aliphatic carbocycles. The Morgan fingerprint density at radius 3 is 2.19 bits per heavy atom. The molecule has 0 saturated carbocycles. The molecule has 0 fully saturated rings. The molecule has 0 aliphatic heterocycles. The van der Waals surface area contributed by atoms with E-state index in [4.69, 9.17) is 5.73 Å². The van der Waals surface area contributed by atoms with Crippen molar-refractivity contribution in [3.63, 3.8) is 0 Å². The molecular formula is C18H29BrFN. The van der Waals surface area contributed by atoms with Gasteiger partial charge in [0.1, 0.15) is 5.82 Å². The van der Waals surface area contributed by atoms with Crippen molar-refractivity contribution in [3.8, 4) is 0 Å². The van der Waals surface area contributed by atoms with Gasteiger partial charge >= 0.3 is 0 Å². The molecule has 0 amide bonds. The first-order chi connectivity index (χ1) is 10.1. The molecule has 3 heteroatoms. The number of hydrogen-bond donors (Lipinski definition) is 1. The summed E-state index contributed by atoms with van der Waals surface area (Å²) >= 11 is 3.37. The Morgan fingerprint density at radius 2 is 1.57 bits per heavy atom. The second kappa shape index (κ2) is 11.2. The van der Waals surface area contributed by atoms with E-state index in [2.05, 4.69) is 22.9 Å². The summed E-state index contributed by atoms with van der Waals surface area (Å²) in [4.78, 5) is 0. The van der Waals surface area contributed by atoms with Gasteiger partial charge in [-0.05, 0) is 24.6 Å². The Bertz CT molecular complexity index is 395. The number of unbranched alkanes of at least 4 members (excludes halogenated alkanes) is 8. The highest BCUT2D eigenvalue weighted by atomic mass is 79.9. The molecule has 0 aromatic heterocycles. The molecule has 1 unspecified atom stereocenters. The number of nitrogens with two attached hydrogens (primary N) is 1. The second-order valence-corrected chi connectivity index (χ2v) is 6.81. The Hall–Kier alpha value is -0.410. The van der Waals surface area contributed by atoms with E-state index in [9.17, 15) is 4.39 Å². The molecule has 1 aromatic rings. The van der Waals surface area contributed by atoms with E-state index < -0.39 is 0 Å². The number of halogens is 2. The van der Waals surface area contributed by atoms with Crippen LogP contribution in [0, 0.1) is 5.82 Å². The van der Waals surface area contributed by atoms with Crippen molar-refractivity contribution in [2.45, 2.75) is 77.2 Å². The lowest BCUT2D eigenvalue weighted by molar-refractivity contribution is 0.516. The summed E-state index contributed by atoms with van der Waals surface area (Å²) < 4.78 is 14.6. The van der Waals surface area contributed by atoms with Gasteiger partial charge in [-0.3, -0.25) is 0 Å². The predicted octanol–water partition coefficient (Wildman–Crippen LogP) is 6.51. The van der Waals surface area contributed by atoms with Crippen LogP contribution in [0.15, 0.2) is 22.7 Å². The van der Waals surface area contributed by atoms with Crippen LogP contribution in [0.2, 0.25) is 0 Å². The van der Waals surface area contributed by atoms with Gasteiger partial charge in [0.2, 0.25) is 0 Å². The van der Waals surface area contributed by atoms with Crippen LogP contribution in [0.4, 0.5) is 4.39 Å². The summed E-state index contributed by atoms with van der Waals surface area (Å²) in [6, 6.07) is 4.81. The van der Waals surface area contributed by atoms with Crippen molar-refractivity contribution < 1.29 is 4.39 Å². The molecule has 0 heterocycles. The quantitative estimate of drug-likeness (QED) is 0.448. The third kappa shape index (κ3) is 7.96. The van der Waals surface area contributed by atoms with Gasteiger partial charge in [0.15, 0.2) is 0 Å². The number of rotatable bonds is 11. The van der Waals surface area contributed by atoms with Gasteiger partial charge in [0, 0.05) is 16.1 Å². The molecule has 1 nitrogen and oxygen atoms in total. The molecule has 21 heavy (non-hydrogen) atoms. The first-order valence-corrected chi connectivity index (χ1v) is 9.15. The third-order valence-electron chi connectivity index (χ3n) is 3.98.